The van der Waals surface area contributed by atoms with Crippen molar-refractivity contribution in [1.82, 2.24) is 14.5 Å². The van der Waals surface area contributed by atoms with Gasteiger partial charge in [-0.1, -0.05) is 11.6 Å². The highest BCUT2D eigenvalue weighted by Gasteiger charge is 2.35. The van der Waals surface area contributed by atoms with Gasteiger partial charge in [0.1, 0.15) is 5.15 Å². The van der Waals surface area contributed by atoms with E-state index in [0.29, 0.717) is 43.8 Å². The van der Waals surface area contributed by atoms with E-state index in [2.05, 4.69) is 4.98 Å². The fraction of sp³-hybridized carbons (Fsp3) is 0.722. The summed E-state index contributed by atoms with van der Waals surface area (Å²) in [7, 11) is 0. The van der Waals surface area contributed by atoms with Crippen molar-refractivity contribution in [2.45, 2.75) is 44.7 Å². The van der Waals surface area contributed by atoms with Crippen LogP contribution in [0.15, 0.2) is 11.0 Å². The average Bonchev–Trinajstić information content (AvgIpc) is 3.49. The molecule has 0 bridgehead atoms. The van der Waals surface area contributed by atoms with Crippen molar-refractivity contribution in [3.63, 3.8) is 0 Å². The highest BCUT2D eigenvalue weighted by atomic mass is 35.5. The third-order valence-electron chi connectivity index (χ3n) is 5.62. The molecule has 0 aromatic carbocycles. The van der Waals surface area contributed by atoms with E-state index < -0.39 is 0 Å². The molecule has 8 heteroatoms. The summed E-state index contributed by atoms with van der Waals surface area (Å²) >= 11 is 6.24. The number of hydrogen-bond acceptors (Lipinski definition) is 5. The predicted octanol–water partition coefficient (Wildman–Crippen LogP) is 1.70. The lowest BCUT2D eigenvalue weighted by atomic mass is 10.0. The van der Waals surface area contributed by atoms with E-state index in [4.69, 9.17) is 16.3 Å². The molecule has 1 saturated carbocycles. The van der Waals surface area contributed by atoms with Crippen LogP contribution in [0.1, 0.15) is 38.6 Å². The minimum atomic E-state index is -0.102. The number of likely N-dealkylation sites (tertiary alicyclic amines) is 1. The molecular weight excluding hydrogens is 356 g/mol. The van der Waals surface area contributed by atoms with Gasteiger partial charge >= 0.3 is 0 Å². The molecule has 3 aliphatic rings. The van der Waals surface area contributed by atoms with Gasteiger partial charge in [0.15, 0.2) is 5.82 Å². The van der Waals surface area contributed by atoms with Crippen molar-refractivity contribution in [2.75, 3.05) is 37.7 Å². The molecular formula is C18H25ClN4O3. The first-order valence-electron chi connectivity index (χ1n) is 9.46. The molecule has 1 atom stereocenters. The monoisotopic (exact) mass is 380 g/mol. The number of rotatable bonds is 3. The SMILES string of the molecule is C[C@@H]1COCCN1c1nc(Cl)cn(C2CCN(C(=O)C3CC3)CC2)c1=O. The van der Waals surface area contributed by atoms with Crippen molar-refractivity contribution in [2.24, 2.45) is 5.92 Å². The maximum atomic E-state index is 13.1. The Balaban J connectivity index is 1.53. The molecule has 0 spiro atoms. The summed E-state index contributed by atoms with van der Waals surface area (Å²) in [6.07, 6.45) is 5.24. The van der Waals surface area contributed by atoms with Gasteiger partial charge in [-0.15, -0.1) is 0 Å². The molecule has 0 radical (unpaired) electrons. The summed E-state index contributed by atoms with van der Waals surface area (Å²) < 4.78 is 7.19. The van der Waals surface area contributed by atoms with Gasteiger partial charge in [0.2, 0.25) is 5.91 Å². The van der Waals surface area contributed by atoms with Crippen LogP contribution in [0.2, 0.25) is 5.15 Å². The van der Waals surface area contributed by atoms with Gasteiger partial charge in [-0.3, -0.25) is 9.59 Å². The van der Waals surface area contributed by atoms with Crippen LogP contribution in [-0.2, 0) is 9.53 Å². The largest absolute Gasteiger partial charge is 0.377 e. The summed E-state index contributed by atoms with van der Waals surface area (Å²) in [6, 6.07) is 0.148. The molecule has 2 aliphatic heterocycles. The molecule has 3 heterocycles. The molecule has 4 rings (SSSR count). The number of anilines is 1. The van der Waals surface area contributed by atoms with E-state index in [1.807, 2.05) is 16.7 Å². The zero-order chi connectivity index (χ0) is 18.3. The Morgan fingerprint density at radius 2 is 1.96 bits per heavy atom. The first-order chi connectivity index (χ1) is 12.5. The Morgan fingerprint density at radius 1 is 1.23 bits per heavy atom. The number of nitrogens with zero attached hydrogens (tertiary/aromatic N) is 4. The lowest BCUT2D eigenvalue weighted by molar-refractivity contribution is -0.133. The lowest BCUT2D eigenvalue weighted by Crippen LogP contribution is -2.48. The van der Waals surface area contributed by atoms with Crippen LogP contribution in [0.25, 0.3) is 0 Å². The van der Waals surface area contributed by atoms with Crippen LogP contribution in [0.3, 0.4) is 0 Å². The van der Waals surface area contributed by atoms with Gasteiger partial charge in [-0.25, -0.2) is 4.98 Å². The first kappa shape index (κ1) is 17.8. The van der Waals surface area contributed by atoms with Crippen molar-refractivity contribution in [3.05, 3.63) is 21.7 Å². The second-order valence-electron chi connectivity index (χ2n) is 7.55. The summed E-state index contributed by atoms with van der Waals surface area (Å²) in [6.45, 7) is 5.23. The average molecular weight is 381 g/mol. The zero-order valence-electron chi connectivity index (χ0n) is 15.1. The van der Waals surface area contributed by atoms with Gasteiger partial charge in [0.05, 0.1) is 19.3 Å². The highest BCUT2D eigenvalue weighted by molar-refractivity contribution is 6.29. The number of ether oxygens (including phenoxy) is 1. The molecule has 1 aliphatic carbocycles. The normalized spacial score (nSPS) is 24.8. The zero-order valence-corrected chi connectivity index (χ0v) is 15.8. The van der Waals surface area contributed by atoms with Gasteiger partial charge in [-0.2, -0.15) is 0 Å². The van der Waals surface area contributed by atoms with Crippen molar-refractivity contribution in [1.29, 1.82) is 0 Å². The first-order valence-corrected chi connectivity index (χ1v) is 9.84. The van der Waals surface area contributed by atoms with Crippen LogP contribution in [0, 0.1) is 5.92 Å². The summed E-state index contributed by atoms with van der Waals surface area (Å²) in [4.78, 5) is 33.6. The summed E-state index contributed by atoms with van der Waals surface area (Å²) in [5.41, 5.74) is -0.102. The maximum Gasteiger partial charge on any atom is 0.293 e. The smallest absolute Gasteiger partial charge is 0.293 e. The van der Waals surface area contributed by atoms with Crippen molar-refractivity contribution < 1.29 is 9.53 Å². The number of amides is 1. The van der Waals surface area contributed by atoms with Crippen LogP contribution in [-0.4, -0.2) is 59.2 Å². The number of aromatic nitrogens is 2. The molecule has 26 heavy (non-hydrogen) atoms. The number of halogens is 1. The van der Waals surface area contributed by atoms with E-state index in [0.717, 1.165) is 25.7 Å². The van der Waals surface area contributed by atoms with E-state index in [1.54, 1.807) is 10.8 Å². The Hall–Kier alpha value is -1.60. The highest BCUT2D eigenvalue weighted by Crippen LogP contribution is 2.33. The molecule has 1 amide bonds. The molecule has 142 valence electrons. The van der Waals surface area contributed by atoms with Gasteiger partial charge in [-0.05, 0) is 32.6 Å². The fourth-order valence-corrected chi connectivity index (χ4v) is 4.10. The third-order valence-corrected chi connectivity index (χ3v) is 5.80. The minimum Gasteiger partial charge on any atom is -0.377 e. The van der Waals surface area contributed by atoms with Crippen molar-refractivity contribution in [3.8, 4) is 0 Å². The molecule has 7 nitrogen and oxygen atoms in total. The third kappa shape index (κ3) is 3.47. The van der Waals surface area contributed by atoms with Crippen LogP contribution in [0.5, 0.6) is 0 Å². The number of piperidine rings is 1. The summed E-state index contributed by atoms with van der Waals surface area (Å²) in [5, 5.41) is 0.328. The molecule has 1 aromatic heterocycles. The number of carbonyl (C=O) groups is 1. The van der Waals surface area contributed by atoms with Gasteiger partial charge < -0.3 is 19.1 Å². The van der Waals surface area contributed by atoms with E-state index in [-0.39, 0.29) is 29.5 Å². The Labute approximate surface area is 157 Å². The van der Waals surface area contributed by atoms with E-state index in [1.165, 1.54) is 0 Å². The molecule has 0 N–H and O–H groups in total. The lowest BCUT2D eigenvalue weighted by Gasteiger charge is -2.35. The van der Waals surface area contributed by atoms with Crippen LogP contribution >= 0.6 is 11.6 Å². The molecule has 3 fully saturated rings. The predicted molar refractivity (Wildman–Crippen MR) is 98.7 cm³/mol. The molecule has 1 aromatic rings. The Morgan fingerprint density at radius 3 is 2.62 bits per heavy atom. The topological polar surface area (TPSA) is 67.7 Å². The number of morpholine rings is 1. The minimum absolute atomic E-state index is 0.0568. The standard InChI is InChI=1S/C18H25ClN4O3/c1-12-11-26-9-8-22(12)16-18(25)23(10-15(19)20-16)14-4-6-21(7-5-14)17(24)13-2-3-13/h10,12-14H,2-9,11H2,1H3/t12-/m1/s1. The molecule has 2 saturated heterocycles. The second-order valence-corrected chi connectivity index (χ2v) is 7.93. The molecule has 0 unspecified atom stereocenters. The maximum absolute atomic E-state index is 13.1. The second kappa shape index (κ2) is 7.19. The quantitative estimate of drug-likeness (QED) is 0.798. The van der Waals surface area contributed by atoms with E-state index in [9.17, 15) is 9.59 Å². The number of hydrogen-bond donors (Lipinski definition) is 0. The van der Waals surface area contributed by atoms with Crippen molar-refractivity contribution >= 4 is 23.3 Å². The number of carbonyl (C=O) groups excluding carboxylic acids is 1. The van der Waals surface area contributed by atoms with Gasteiger partial charge in [0, 0.05) is 37.8 Å². The fourth-order valence-electron chi connectivity index (χ4n) is 3.92. The van der Waals surface area contributed by atoms with Crippen LogP contribution in [0.4, 0.5) is 5.82 Å². The Kier molecular flexibility index (Phi) is 4.92. The van der Waals surface area contributed by atoms with E-state index >= 15 is 0 Å². The van der Waals surface area contributed by atoms with Crippen LogP contribution < -0.4 is 10.5 Å². The van der Waals surface area contributed by atoms with Gasteiger partial charge in [0.25, 0.3) is 5.56 Å². The summed E-state index contributed by atoms with van der Waals surface area (Å²) in [5.74, 6) is 0.940. The Bertz CT molecular complexity index is 740.